The van der Waals surface area contributed by atoms with Gasteiger partial charge >= 0.3 is 0 Å². The van der Waals surface area contributed by atoms with Gasteiger partial charge in [0.1, 0.15) is 6.04 Å². The van der Waals surface area contributed by atoms with Crippen molar-refractivity contribution < 1.29 is 0 Å². The van der Waals surface area contributed by atoms with Crippen LogP contribution in [0.15, 0.2) is 23.0 Å². The zero-order chi connectivity index (χ0) is 23.0. The number of likely N-dealkylation sites (N-methyl/N-ethyl adjacent to an activating group) is 1. The van der Waals surface area contributed by atoms with Crippen molar-refractivity contribution in [2.24, 2.45) is 0 Å². The third kappa shape index (κ3) is 3.97. The van der Waals surface area contributed by atoms with E-state index >= 15 is 0 Å². The number of tetrazole rings is 1. The molecule has 3 heterocycles. The number of piperazine rings is 1. The number of pyridine rings is 1. The summed E-state index contributed by atoms with van der Waals surface area (Å²) >= 11 is 0. The van der Waals surface area contributed by atoms with Crippen LogP contribution in [0.4, 0.5) is 0 Å². The first-order chi connectivity index (χ1) is 15.3. The number of aromatic nitrogens is 5. The molecular formula is C24H35N7O. The summed E-state index contributed by atoms with van der Waals surface area (Å²) in [5, 5.41) is 14.0. The molecule has 1 aromatic carbocycles. The van der Waals surface area contributed by atoms with Crippen LogP contribution in [-0.4, -0.2) is 67.7 Å². The van der Waals surface area contributed by atoms with E-state index in [0.29, 0.717) is 5.56 Å². The Morgan fingerprint density at radius 2 is 1.78 bits per heavy atom. The summed E-state index contributed by atoms with van der Waals surface area (Å²) in [6.45, 7) is 17.4. The second kappa shape index (κ2) is 8.75. The molecule has 1 N–H and O–H groups in total. The second-order valence-corrected chi connectivity index (χ2v) is 9.53. The summed E-state index contributed by atoms with van der Waals surface area (Å²) in [6, 6.07) is 5.92. The highest BCUT2D eigenvalue weighted by Crippen LogP contribution is 2.32. The first kappa shape index (κ1) is 22.6. The Bertz CT molecular complexity index is 1150. The van der Waals surface area contributed by atoms with Gasteiger partial charge in [-0.25, -0.2) is 4.68 Å². The van der Waals surface area contributed by atoms with Gasteiger partial charge in [0.2, 0.25) is 0 Å². The number of hydrogen-bond acceptors (Lipinski definition) is 6. The maximum absolute atomic E-state index is 13.5. The lowest BCUT2D eigenvalue weighted by Crippen LogP contribution is -2.49. The fourth-order valence-corrected chi connectivity index (χ4v) is 4.58. The van der Waals surface area contributed by atoms with Crippen molar-refractivity contribution in [3.05, 3.63) is 51.1 Å². The molecule has 0 saturated carbocycles. The molecule has 1 fully saturated rings. The molecule has 3 aromatic rings. The first-order valence-electron chi connectivity index (χ1n) is 11.6. The molecule has 0 radical (unpaired) electrons. The van der Waals surface area contributed by atoms with Crippen LogP contribution in [-0.2, 0) is 5.54 Å². The predicted octanol–water partition coefficient (Wildman–Crippen LogP) is 3.00. The molecule has 1 aliphatic rings. The molecule has 0 bridgehead atoms. The van der Waals surface area contributed by atoms with E-state index in [1.807, 2.05) is 11.6 Å². The molecule has 0 aliphatic carbocycles. The fraction of sp³-hybridized carbons (Fsp3) is 0.583. The highest BCUT2D eigenvalue weighted by atomic mass is 16.1. The third-order valence-electron chi connectivity index (χ3n) is 7.16. The maximum atomic E-state index is 13.5. The summed E-state index contributed by atoms with van der Waals surface area (Å²) in [5.41, 5.74) is 3.50. The van der Waals surface area contributed by atoms with Crippen molar-refractivity contribution >= 4 is 10.9 Å². The van der Waals surface area contributed by atoms with E-state index in [1.165, 1.54) is 0 Å². The van der Waals surface area contributed by atoms with E-state index in [1.54, 1.807) is 0 Å². The molecule has 1 saturated heterocycles. The molecule has 0 unspecified atom stereocenters. The highest BCUT2D eigenvalue weighted by molar-refractivity contribution is 5.85. The largest absolute Gasteiger partial charge is 0.321 e. The molecule has 0 spiro atoms. The van der Waals surface area contributed by atoms with Crippen molar-refractivity contribution in [1.82, 2.24) is 35.0 Å². The van der Waals surface area contributed by atoms with E-state index in [4.69, 9.17) is 0 Å². The molecule has 1 aliphatic heterocycles. The topological polar surface area (TPSA) is 82.9 Å². The first-order valence-corrected chi connectivity index (χ1v) is 11.6. The third-order valence-corrected chi connectivity index (χ3v) is 7.16. The van der Waals surface area contributed by atoms with Crippen LogP contribution in [0.5, 0.6) is 0 Å². The van der Waals surface area contributed by atoms with Crippen LogP contribution in [0.25, 0.3) is 10.9 Å². The molecular weight excluding hydrogens is 402 g/mol. The molecule has 8 nitrogen and oxygen atoms in total. The number of fused-ring (bicyclic) bond motifs is 1. The lowest BCUT2D eigenvalue weighted by molar-refractivity contribution is 0.105. The van der Waals surface area contributed by atoms with Crippen LogP contribution in [0.1, 0.15) is 62.7 Å². The Labute approximate surface area is 189 Å². The van der Waals surface area contributed by atoms with Crippen LogP contribution >= 0.6 is 0 Å². The second-order valence-electron chi connectivity index (χ2n) is 9.53. The van der Waals surface area contributed by atoms with Crippen LogP contribution < -0.4 is 5.56 Å². The van der Waals surface area contributed by atoms with Gasteiger partial charge in [-0.2, -0.15) is 0 Å². The van der Waals surface area contributed by atoms with E-state index in [0.717, 1.165) is 67.0 Å². The van der Waals surface area contributed by atoms with Gasteiger partial charge in [0, 0.05) is 37.1 Å². The Morgan fingerprint density at radius 3 is 2.44 bits per heavy atom. The van der Waals surface area contributed by atoms with Gasteiger partial charge in [-0.3, -0.25) is 9.69 Å². The van der Waals surface area contributed by atoms with E-state index in [2.05, 4.69) is 83.1 Å². The lowest BCUT2D eigenvalue weighted by Gasteiger charge is -2.39. The molecule has 172 valence electrons. The number of nitrogens with one attached hydrogen (secondary N) is 1. The fourth-order valence-electron chi connectivity index (χ4n) is 4.58. The van der Waals surface area contributed by atoms with E-state index < -0.39 is 0 Å². The number of H-pyrrole nitrogens is 1. The van der Waals surface area contributed by atoms with Crippen LogP contribution in [0.2, 0.25) is 0 Å². The lowest BCUT2D eigenvalue weighted by atomic mass is 9.97. The molecule has 4 rings (SSSR count). The molecule has 0 amide bonds. The highest BCUT2D eigenvalue weighted by Gasteiger charge is 2.35. The number of nitrogens with zero attached hydrogens (tertiary/aromatic N) is 6. The van der Waals surface area contributed by atoms with Crippen molar-refractivity contribution in [2.45, 2.75) is 59.5 Å². The van der Waals surface area contributed by atoms with E-state index in [9.17, 15) is 4.79 Å². The van der Waals surface area contributed by atoms with Gasteiger partial charge in [-0.05, 0) is 68.3 Å². The van der Waals surface area contributed by atoms with E-state index in [-0.39, 0.29) is 17.1 Å². The maximum Gasteiger partial charge on any atom is 0.253 e. The standard InChI is InChI=1S/C24H35N7O/c1-7-24(5,6)31-22(26-27-28-31)21(30-13-11-29(8-2)12-14-30)19-15-18-16(3)9-10-17(4)20(18)25-23(19)32/h9-10,15,21H,7-8,11-14H2,1-6H3,(H,25,32)/t21-/m1/s1. The van der Waals surface area contributed by atoms with Crippen molar-refractivity contribution in [2.75, 3.05) is 32.7 Å². The quantitative estimate of drug-likeness (QED) is 0.638. The molecule has 2 aromatic heterocycles. The zero-order valence-electron chi connectivity index (χ0n) is 20.1. The summed E-state index contributed by atoms with van der Waals surface area (Å²) in [7, 11) is 0. The Kier molecular flexibility index (Phi) is 6.18. The van der Waals surface area contributed by atoms with Crippen LogP contribution in [0, 0.1) is 13.8 Å². The van der Waals surface area contributed by atoms with Gasteiger partial charge in [0.05, 0.1) is 11.1 Å². The average Bonchev–Trinajstić information content (AvgIpc) is 3.28. The summed E-state index contributed by atoms with van der Waals surface area (Å²) in [4.78, 5) is 21.4. The average molecular weight is 438 g/mol. The van der Waals surface area contributed by atoms with Gasteiger partial charge in [-0.1, -0.05) is 26.0 Å². The minimum absolute atomic E-state index is 0.0713. The predicted molar refractivity (Wildman–Crippen MR) is 127 cm³/mol. The molecule has 32 heavy (non-hydrogen) atoms. The number of hydrogen-bond donors (Lipinski definition) is 1. The van der Waals surface area contributed by atoms with Crippen molar-refractivity contribution in [3.63, 3.8) is 0 Å². The van der Waals surface area contributed by atoms with Crippen molar-refractivity contribution in [1.29, 1.82) is 0 Å². The normalized spacial score (nSPS) is 17.2. The Morgan fingerprint density at radius 1 is 1.09 bits per heavy atom. The van der Waals surface area contributed by atoms with Gasteiger partial charge in [-0.15, -0.1) is 5.10 Å². The number of benzene rings is 1. The SMILES string of the molecule is CCN1CCN([C@H](c2cc3c(C)ccc(C)c3[nH]c2=O)c2nnnn2C(C)(C)CC)CC1. The molecule has 1 atom stereocenters. The Hall–Kier alpha value is -2.58. The smallest absolute Gasteiger partial charge is 0.253 e. The van der Waals surface area contributed by atoms with Gasteiger partial charge in [0.25, 0.3) is 5.56 Å². The van der Waals surface area contributed by atoms with Crippen LogP contribution in [0.3, 0.4) is 0 Å². The minimum Gasteiger partial charge on any atom is -0.321 e. The number of aromatic amines is 1. The summed E-state index contributed by atoms with van der Waals surface area (Å²) in [6.07, 6.45) is 0.883. The zero-order valence-corrected chi connectivity index (χ0v) is 20.1. The summed E-state index contributed by atoms with van der Waals surface area (Å²) < 4.78 is 1.91. The van der Waals surface area contributed by atoms with Gasteiger partial charge < -0.3 is 9.88 Å². The molecule has 8 heteroatoms. The Balaban J connectivity index is 1.90. The summed E-state index contributed by atoms with van der Waals surface area (Å²) in [5.74, 6) is 0.733. The van der Waals surface area contributed by atoms with Crippen molar-refractivity contribution in [3.8, 4) is 0 Å². The number of aryl methyl sites for hydroxylation is 2. The monoisotopic (exact) mass is 437 g/mol. The van der Waals surface area contributed by atoms with Gasteiger partial charge in [0.15, 0.2) is 5.82 Å². The number of rotatable bonds is 6. The minimum atomic E-state index is -0.303.